The van der Waals surface area contributed by atoms with Crippen molar-refractivity contribution in [2.75, 3.05) is 21.3 Å². The lowest BCUT2D eigenvalue weighted by molar-refractivity contribution is 0.398. The normalized spacial score (nSPS) is 10.4. The summed E-state index contributed by atoms with van der Waals surface area (Å²) in [6.07, 6.45) is 1.56. The smallest absolute Gasteiger partial charge is 0.122 e. The van der Waals surface area contributed by atoms with Crippen LogP contribution in [0.1, 0.15) is 16.7 Å². The molecule has 4 nitrogen and oxygen atoms in total. The van der Waals surface area contributed by atoms with Crippen LogP contribution in [0.2, 0.25) is 0 Å². The number of ether oxygens (including phenoxy) is 3. The number of rotatable bonds is 6. The van der Waals surface area contributed by atoms with Crippen LogP contribution >= 0.6 is 0 Å². The Balaban J connectivity index is 2.24. The monoisotopic (exact) mass is 302 g/mol. The van der Waals surface area contributed by atoms with Crippen molar-refractivity contribution in [2.45, 2.75) is 19.8 Å². The first-order valence-electron chi connectivity index (χ1n) is 7.16. The summed E-state index contributed by atoms with van der Waals surface area (Å²) in [6.45, 7) is 1.91. The average molecular weight is 302 g/mol. The summed E-state index contributed by atoms with van der Waals surface area (Å²) in [5, 5.41) is 9.97. The van der Waals surface area contributed by atoms with Crippen LogP contribution in [-0.2, 0) is 12.8 Å². The highest BCUT2D eigenvalue weighted by Gasteiger charge is 2.10. The van der Waals surface area contributed by atoms with Gasteiger partial charge in [-0.2, -0.15) is 0 Å². The largest absolute Gasteiger partial charge is 0.508 e. The topological polar surface area (TPSA) is 47.9 Å². The third-order valence-electron chi connectivity index (χ3n) is 3.85. The Morgan fingerprint density at radius 2 is 1.45 bits per heavy atom. The van der Waals surface area contributed by atoms with Crippen molar-refractivity contribution in [3.05, 3.63) is 47.0 Å². The molecule has 1 N–H and O–H groups in total. The molecule has 0 aliphatic carbocycles. The Morgan fingerprint density at radius 3 is 2.09 bits per heavy atom. The second-order valence-electron chi connectivity index (χ2n) is 5.11. The van der Waals surface area contributed by atoms with Gasteiger partial charge in [-0.25, -0.2) is 0 Å². The Labute approximate surface area is 131 Å². The maximum absolute atomic E-state index is 9.97. The fraction of sp³-hybridized carbons (Fsp3) is 0.333. The number of benzene rings is 2. The molecule has 0 spiro atoms. The van der Waals surface area contributed by atoms with E-state index >= 15 is 0 Å². The maximum atomic E-state index is 9.97. The first kappa shape index (κ1) is 16.0. The molecule has 0 saturated carbocycles. The molecule has 2 aromatic rings. The quantitative estimate of drug-likeness (QED) is 0.887. The lowest BCUT2D eigenvalue weighted by Gasteiger charge is -2.13. The number of hydrogen-bond acceptors (Lipinski definition) is 4. The van der Waals surface area contributed by atoms with Gasteiger partial charge in [0, 0.05) is 6.07 Å². The van der Waals surface area contributed by atoms with Crippen LogP contribution in [0.25, 0.3) is 0 Å². The van der Waals surface area contributed by atoms with Crippen molar-refractivity contribution < 1.29 is 19.3 Å². The number of methoxy groups -OCH3 is 3. The van der Waals surface area contributed by atoms with E-state index in [0.717, 1.165) is 41.0 Å². The predicted molar refractivity (Wildman–Crippen MR) is 86.3 cm³/mol. The average Bonchev–Trinajstić information content (AvgIpc) is 2.55. The van der Waals surface area contributed by atoms with Gasteiger partial charge in [-0.15, -0.1) is 0 Å². The predicted octanol–water partition coefficient (Wildman–Crippen LogP) is 3.51. The highest BCUT2D eigenvalue weighted by atomic mass is 16.5. The van der Waals surface area contributed by atoms with Gasteiger partial charge in [0.05, 0.1) is 21.3 Å². The highest BCUT2D eigenvalue weighted by Crippen LogP contribution is 2.30. The zero-order chi connectivity index (χ0) is 16.1. The Hall–Kier alpha value is -2.36. The molecule has 22 heavy (non-hydrogen) atoms. The molecule has 0 aromatic heterocycles. The van der Waals surface area contributed by atoms with Crippen molar-refractivity contribution in [2.24, 2.45) is 0 Å². The van der Waals surface area contributed by atoms with E-state index in [1.165, 1.54) is 0 Å². The van der Waals surface area contributed by atoms with E-state index in [1.54, 1.807) is 27.4 Å². The van der Waals surface area contributed by atoms with Crippen LogP contribution in [0, 0.1) is 6.92 Å². The van der Waals surface area contributed by atoms with Gasteiger partial charge in [-0.3, -0.25) is 0 Å². The van der Waals surface area contributed by atoms with E-state index in [1.807, 2.05) is 31.2 Å². The van der Waals surface area contributed by atoms with E-state index in [0.29, 0.717) is 5.75 Å². The number of phenols is 1. The highest BCUT2D eigenvalue weighted by molar-refractivity contribution is 5.46. The summed E-state index contributed by atoms with van der Waals surface area (Å²) in [6, 6.07) is 9.36. The minimum Gasteiger partial charge on any atom is -0.508 e. The molecule has 0 radical (unpaired) electrons. The fourth-order valence-corrected chi connectivity index (χ4v) is 2.45. The molecule has 0 aliphatic rings. The molecule has 0 aliphatic heterocycles. The Morgan fingerprint density at radius 1 is 0.818 bits per heavy atom. The zero-order valence-corrected chi connectivity index (χ0v) is 13.5. The molecule has 2 rings (SSSR count). The Bertz CT molecular complexity index is 650. The van der Waals surface area contributed by atoms with Gasteiger partial charge in [0.2, 0.25) is 0 Å². The van der Waals surface area contributed by atoms with Crippen molar-refractivity contribution in [3.8, 4) is 23.0 Å². The van der Waals surface area contributed by atoms with Crippen LogP contribution in [0.5, 0.6) is 23.0 Å². The van der Waals surface area contributed by atoms with E-state index in [2.05, 4.69) is 0 Å². The van der Waals surface area contributed by atoms with Crippen molar-refractivity contribution in [1.82, 2.24) is 0 Å². The Kier molecular flexibility index (Phi) is 5.15. The molecule has 0 unspecified atom stereocenters. The van der Waals surface area contributed by atoms with Gasteiger partial charge >= 0.3 is 0 Å². The summed E-state index contributed by atoms with van der Waals surface area (Å²) in [5.74, 6) is 2.56. The van der Waals surface area contributed by atoms with Gasteiger partial charge in [0.25, 0.3) is 0 Å². The third kappa shape index (κ3) is 3.45. The fourth-order valence-electron chi connectivity index (χ4n) is 2.45. The van der Waals surface area contributed by atoms with Gasteiger partial charge in [-0.05, 0) is 60.7 Å². The standard InChI is InChI=1S/C18H22O4/c1-12-13(9-16(21-3)11-17(12)19)5-6-14-10-15(20-2)7-8-18(14)22-4/h7-11,19H,5-6H2,1-4H3. The van der Waals surface area contributed by atoms with Crippen LogP contribution in [0.4, 0.5) is 0 Å². The van der Waals surface area contributed by atoms with Crippen LogP contribution < -0.4 is 14.2 Å². The molecule has 0 heterocycles. The molecule has 2 aromatic carbocycles. The summed E-state index contributed by atoms with van der Waals surface area (Å²) in [4.78, 5) is 0. The molecule has 0 bridgehead atoms. The van der Waals surface area contributed by atoms with Crippen LogP contribution in [0.3, 0.4) is 0 Å². The molecule has 0 saturated heterocycles. The third-order valence-corrected chi connectivity index (χ3v) is 3.85. The number of aryl methyl sites for hydroxylation is 2. The maximum Gasteiger partial charge on any atom is 0.122 e. The lowest BCUT2D eigenvalue weighted by atomic mass is 9.99. The number of hydrogen-bond donors (Lipinski definition) is 1. The number of aromatic hydroxyl groups is 1. The van der Waals surface area contributed by atoms with Gasteiger partial charge in [0.15, 0.2) is 0 Å². The second kappa shape index (κ2) is 7.07. The van der Waals surface area contributed by atoms with Crippen molar-refractivity contribution >= 4 is 0 Å². The first-order valence-corrected chi connectivity index (χ1v) is 7.16. The van der Waals surface area contributed by atoms with E-state index in [-0.39, 0.29) is 5.75 Å². The lowest BCUT2D eigenvalue weighted by Crippen LogP contribution is -1.99. The molecule has 0 amide bonds. The SMILES string of the molecule is COc1ccc(OC)c(CCc2cc(OC)cc(O)c2C)c1. The second-order valence-corrected chi connectivity index (χ2v) is 5.11. The minimum absolute atomic E-state index is 0.256. The molecular formula is C18H22O4. The molecule has 4 heteroatoms. The molecular weight excluding hydrogens is 280 g/mol. The van der Waals surface area contributed by atoms with E-state index in [4.69, 9.17) is 14.2 Å². The van der Waals surface area contributed by atoms with E-state index < -0.39 is 0 Å². The first-order chi connectivity index (χ1) is 10.6. The summed E-state index contributed by atoms with van der Waals surface area (Å²) < 4.78 is 15.9. The van der Waals surface area contributed by atoms with Gasteiger partial charge in [0.1, 0.15) is 23.0 Å². The van der Waals surface area contributed by atoms with Crippen molar-refractivity contribution in [1.29, 1.82) is 0 Å². The summed E-state index contributed by atoms with van der Waals surface area (Å²) >= 11 is 0. The number of phenolic OH excluding ortho intramolecular Hbond substituents is 1. The summed E-state index contributed by atoms with van der Waals surface area (Å²) in [5.41, 5.74) is 3.01. The van der Waals surface area contributed by atoms with Crippen LogP contribution in [-0.4, -0.2) is 26.4 Å². The van der Waals surface area contributed by atoms with Crippen molar-refractivity contribution in [3.63, 3.8) is 0 Å². The van der Waals surface area contributed by atoms with Gasteiger partial charge in [-0.1, -0.05) is 0 Å². The van der Waals surface area contributed by atoms with Gasteiger partial charge < -0.3 is 19.3 Å². The minimum atomic E-state index is 0.256. The van der Waals surface area contributed by atoms with E-state index in [9.17, 15) is 5.11 Å². The zero-order valence-electron chi connectivity index (χ0n) is 13.5. The molecule has 0 atom stereocenters. The summed E-state index contributed by atoms with van der Waals surface area (Å²) in [7, 11) is 4.91. The van der Waals surface area contributed by atoms with Crippen LogP contribution in [0.15, 0.2) is 30.3 Å². The molecule has 0 fully saturated rings. The molecule has 118 valence electrons.